The van der Waals surface area contributed by atoms with Crippen molar-refractivity contribution in [3.63, 3.8) is 0 Å². The molecule has 1 rings (SSSR count). The molecule has 0 aliphatic rings. The van der Waals surface area contributed by atoms with Crippen molar-refractivity contribution < 1.29 is 9.66 Å². The SMILES string of the molecule is C#CCCCCNCc1ccc(OC)c([N+](=O)[O-])c1. The molecule has 0 atom stereocenters. The van der Waals surface area contributed by atoms with Crippen LogP contribution in [-0.2, 0) is 6.54 Å². The fraction of sp³-hybridized carbons (Fsp3) is 0.429. The van der Waals surface area contributed by atoms with Crippen molar-refractivity contribution >= 4 is 5.69 Å². The maximum atomic E-state index is 10.9. The molecular weight excluding hydrogens is 244 g/mol. The van der Waals surface area contributed by atoms with Gasteiger partial charge in [0.2, 0.25) is 0 Å². The number of methoxy groups -OCH3 is 1. The van der Waals surface area contributed by atoms with Crippen LogP contribution in [0.15, 0.2) is 18.2 Å². The van der Waals surface area contributed by atoms with Crippen molar-refractivity contribution in [2.24, 2.45) is 0 Å². The molecule has 1 N–H and O–H groups in total. The largest absolute Gasteiger partial charge is 0.490 e. The third-order valence-corrected chi connectivity index (χ3v) is 2.69. The summed E-state index contributed by atoms with van der Waals surface area (Å²) in [5, 5.41) is 14.1. The van der Waals surface area contributed by atoms with Crippen molar-refractivity contribution in [1.29, 1.82) is 0 Å². The molecule has 5 heteroatoms. The lowest BCUT2D eigenvalue weighted by atomic mass is 10.2. The van der Waals surface area contributed by atoms with Gasteiger partial charge in [0.15, 0.2) is 5.75 Å². The van der Waals surface area contributed by atoms with E-state index in [0.717, 1.165) is 31.4 Å². The summed E-state index contributed by atoms with van der Waals surface area (Å²) in [6, 6.07) is 4.97. The fourth-order valence-corrected chi connectivity index (χ4v) is 1.70. The number of nitrogens with zero attached hydrogens (tertiary/aromatic N) is 1. The minimum atomic E-state index is -0.435. The quantitative estimate of drug-likeness (QED) is 0.338. The first-order valence-corrected chi connectivity index (χ1v) is 6.14. The molecule has 0 fully saturated rings. The first-order chi connectivity index (χ1) is 9.19. The van der Waals surface area contributed by atoms with Gasteiger partial charge in [-0.05, 0) is 31.0 Å². The number of nitrogens with one attached hydrogen (secondary N) is 1. The highest BCUT2D eigenvalue weighted by molar-refractivity contribution is 5.48. The van der Waals surface area contributed by atoms with Crippen LogP contribution >= 0.6 is 0 Å². The van der Waals surface area contributed by atoms with Crippen molar-refractivity contribution in [2.45, 2.75) is 25.8 Å². The monoisotopic (exact) mass is 262 g/mol. The minimum Gasteiger partial charge on any atom is -0.490 e. The van der Waals surface area contributed by atoms with Gasteiger partial charge in [0.05, 0.1) is 12.0 Å². The molecule has 0 bridgehead atoms. The molecule has 0 aliphatic heterocycles. The van der Waals surface area contributed by atoms with E-state index in [2.05, 4.69) is 11.2 Å². The zero-order valence-corrected chi connectivity index (χ0v) is 11.0. The number of rotatable bonds is 8. The van der Waals surface area contributed by atoms with E-state index in [9.17, 15) is 10.1 Å². The van der Waals surface area contributed by atoms with E-state index in [-0.39, 0.29) is 11.4 Å². The average molecular weight is 262 g/mol. The van der Waals surface area contributed by atoms with Crippen molar-refractivity contribution in [1.82, 2.24) is 5.32 Å². The normalized spacial score (nSPS) is 9.89. The van der Waals surface area contributed by atoms with Crippen molar-refractivity contribution in [3.8, 4) is 18.1 Å². The van der Waals surface area contributed by atoms with Crippen LogP contribution in [0.5, 0.6) is 5.75 Å². The van der Waals surface area contributed by atoms with Gasteiger partial charge in [-0.1, -0.05) is 6.07 Å². The van der Waals surface area contributed by atoms with Crippen LogP contribution in [0.2, 0.25) is 0 Å². The number of ether oxygens (including phenoxy) is 1. The van der Waals surface area contributed by atoms with Crippen LogP contribution in [0.25, 0.3) is 0 Å². The first kappa shape index (κ1) is 15.0. The van der Waals surface area contributed by atoms with E-state index in [0.29, 0.717) is 6.54 Å². The number of benzene rings is 1. The lowest BCUT2D eigenvalue weighted by Crippen LogP contribution is -2.14. The topological polar surface area (TPSA) is 64.4 Å². The Morgan fingerprint density at radius 1 is 1.47 bits per heavy atom. The van der Waals surface area contributed by atoms with Gasteiger partial charge >= 0.3 is 5.69 Å². The zero-order valence-electron chi connectivity index (χ0n) is 11.0. The molecule has 1 aromatic carbocycles. The Labute approximate surface area is 113 Å². The van der Waals surface area contributed by atoms with E-state index in [1.165, 1.54) is 13.2 Å². The van der Waals surface area contributed by atoms with Gasteiger partial charge in [-0.25, -0.2) is 0 Å². The summed E-state index contributed by atoms with van der Waals surface area (Å²) in [5.74, 6) is 2.87. The number of unbranched alkanes of at least 4 members (excludes halogenated alkanes) is 2. The third-order valence-electron chi connectivity index (χ3n) is 2.69. The highest BCUT2D eigenvalue weighted by Crippen LogP contribution is 2.27. The van der Waals surface area contributed by atoms with E-state index >= 15 is 0 Å². The number of terminal acetylenes is 1. The molecule has 0 amide bonds. The molecule has 19 heavy (non-hydrogen) atoms. The first-order valence-electron chi connectivity index (χ1n) is 6.14. The second-order valence-corrected chi connectivity index (χ2v) is 4.10. The molecule has 0 saturated heterocycles. The number of nitro benzene ring substituents is 1. The molecule has 1 aromatic rings. The second kappa shape index (κ2) is 8.11. The lowest BCUT2D eigenvalue weighted by molar-refractivity contribution is -0.385. The fourth-order valence-electron chi connectivity index (χ4n) is 1.70. The van der Waals surface area contributed by atoms with Crippen LogP contribution in [0.3, 0.4) is 0 Å². The Kier molecular flexibility index (Phi) is 6.41. The Bertz CT molecular complexity index is 466. The van der Waals surface area contributed by atoms with Crippen LogP contribution in [0.4, 0.5) is 5.69 Å². The van der Waals surface area contributed by atoms with Crippen LogP contribution in [0.1, 0.15) is 24.8 Å². The molecule has 0 unspecified atom stereocenters. The van der Waals surface area contributed by atoms with E-state index in [4.69, 9.17) is 11.2 Å². The van der Waals surface area contributed by atoms with Gasteiger partial charge < -0.3 is 10.1 Å². The zero-order chi connectivity index (χ0) is 14.1. The molecule has 0 heterocycles. The van der Waals surface area contributed by atoms with Gasteiger partial charge in [-0.3, -0.25) is 10.1 Å². The Balaban J connectivity index is 2.49. The molecule has 0 aromatic heterocycles. The maximum Gasteiger partial charge on any atom is 0.311 e. The van der Waals surface area contributed by atoms with Crippen molar-refractivity contribution in [3.05, 3.63) is 33.9 Å². The molecule has 0 aliphatic carbocycles. The minimum absolute atomic E-state index is 0.00543. The summed E-state index contributed by atoms with van der Waals surface area (Å²) in [6.45, 7) is 1.45. The Morgan fingerprint density at radius 3 is 2.89 bits per heavy atom. The predicted octanol–water partition coefficient (Wildman–Crippen LogP) is 2.50. The summed E-state index contributed by atoms with van der Waals surface area (Å²) in [5.41, 5.74) is 0.860. The third kappa shape index (κ3) is 4.98. The summed E-state index contributed by atoms with van der Waals surface area (Å²) in [6.07, 6.45) is 7.94. The maximum absolute atomic E-state index is 10.9. The summed E-state index contributed by atoms with van der Waals surface area (Å²) >= 11 is 0. The summed E-state index contributed by atoms with van der Waals surface area (Å²) < 4.78 is 4.95. The average Bonchev–Trinajstić information content (AvgIpc) is 2.42. The number of hydrogen-bond acceptors (Lipinski definition) is 4. The number of hydrogen-bond donors (Lipinski definition) is 1. The predicted molar refractivity (Wildman–Crippen MR) is 74.0 cm³/mol. The highest BCUT2D eigenvalue weighted by atomic mass is 16.6. The van der Waals surface area contributed by atoms with Crippen molar-refractivity contribution in [2.75, 3.05) is 13.7 Å². The van der Waals surface area contributed by atoms with E-state index in [1.807, 2.05) is 6.07 Å². The van der Waals surface area contributed by atoms with Gasteiger partial charge in [-0.2, -0.15) is 0 Å². The van der Waals surface area contributed by atoms with E-state index in [1.54, 1.807) is 6.07 Å². The smallest absolute Gasteiger partial charge is 0.311 e. The van der Waals surface area contributed by atoms with Gasteiger partial charge in [0, 0.05) is 19.0 Å². The Hall–Kier alpha value is -2.06. The lowest BCUT2D eigenvalue weighted by Gasteiger charge is -2.06. The molecule has 0 spiro atoms. The van der Waals surface area contributed by atoms with Gasteiger partial charge in [0.1, 0.15) is 0 Å². The van der Waals surface area contributed by atoms with Crippen LogP contribution in [0, 0.1) is 22.5 Å². The molecule has 102 valence electrons. The van der Waals surface area contributed by atoms with Gasteiger partial charge in [0.25, 0.3) is 0 Å². The standard InChI is InChI=1S/C14H18N2O3/c1-3-4-5-6-9-15-11-12-7-8-14(19-2)13(10-12)16(17)18/h1,7-8,10,15H,4-6,9,11H2,2H3. The molecule has 5 nitrogen and oxygen atoms in total. The molecular formula is C14H18N2O3. The Morgan fingerprint density at radius 2 is 2.26 bits per heavy atom. The number of nitro groups is 1. The second-order valence-electron chi connectivity index (χ2n) is 4.10. The highest BCUT2D eigenvalue weighted by Gasteiger charge is 2.14. The van der Waals surface area contributed by atoms with Crippen LogP contribution in [-0.4, -0.2) is 18.6 Å². The van der Waals surface area contributed by atoms with Crippen LogP contribution < -0.4 is 10.1 Å². The molecule has 0 saturated carbocycles. The summed E-state index contributed by atoms with van der Waals surface area (Å²) in [4.78, 5) is 10.4. The van der Waals surface area contributed by atoms with Gasteiger partial charge in [-0.15, -0.1) is 12.3 Å². The molecule has 0 radical (unpaired) electrons. The summed E-state index contributed by atoms with van der Waals surface area (Å²) in [7, 11) is 1.42. The van der Waals surface area contributed by atoms with E-state index < -0.39 is 4.92 Å².